The van der Waals surface area contributed by atoms with Gasteiger partial charge in [0.2, 0.25) is 5.91 Å². The van der Waals surface area contributed by atoms with Crippen LogP contribution in [-0.4, -0.2) is 55.7 Å². The second kappa shape index (κ2) is 18.2. The number of benzene rings is 2. The zero-order valence-electron chi connectivity index (χ0n) is 26.0. The number of hydrogen-bond acceptors (Lipinski definition) is 10. The van der Waals surface area contributed by atoms with Gasteiger partial charge in [0.15, 0.2) is 19.7 Å². The Bertz CT molecular complexity index is 1790. The van der Waals surface area contributed by atoms with Crippen LogP contribution in [0, 0.1) is 5.92 Å². The fourth-order valence-electron chi connectivity index (χ4n) is 4.97. The van der Waals surface area contributed by atoms with E-state index in [0.29, 0.717) is 55.1 Å². The Balaban J connectivity index is 0.000000229. The summed E-state index contributed by atoms with van der Waals surface area (Å²) in [6, 6.07) is 24.0. The smallest absolute Gasteiger partial charge is 0.224 e. The number of rotatable bonds is 13. The Hall–Kier alpha value is -3.39. The molecule has 5 rings (SSSR count). The van der Waals surface area contributed by atoms with Crippen molar-refractivity contribution in [3.05, 3.63) is 97.3 Å². The third-order valence-corrected chi connectivity index (χ3v) is 13.4. The number of nitrogen functional groups attached to an aromatic ring is 1. The summed E-state index contributed by atoms with van der Waals surface area (Å²) < 4.78 is 48.9. The molecule has 0 radical (unpaired) electrons. The molecule has 47 heavy (non-hydrogen) atoms. The first-order valence-corrected chi connectivity index (χ1v) is 20.7. The summed E-state index contributed by atoms with van der Waals surface area (Å²) in [5, 5.41) is 4.29. The summed E-state index contributed by atoms with van der Waals surface area (Å²) in [6.45, 7) is 0. The van der Waals surface area contributed by atoms with Crippen molar-refractivity contribution in [1.29, 1.82) is 0 Å². The van der Waals surface area contributed by atoms with Gasteiger partial charge in [0.25, 0.3) is 0 Å². The van der Waals surface area contributed by atoms with Crippen molar-refractivity contribution in [2.24, 2.45) is 5.92 Å². The Kier molecular flexibility index (Phi) is 14.1. The van der Waals surface area contributed by atoms with Gasteiger partial charge in [0, 0.05) is 30.3 Å². The van der Waals surface area contributed by atoms with Gasteiger partial charge in [-0.15, -0.1) is 23.5 Å². The molecule has 0 spiro atoms. The minimum atomic E-state index is -3.32. The molecular weight excluding hydrogens is 673 g/mol. The number of amides is 1. The average molecular weight is 713 g/mol. The van der Waals surface area contributed by atoms with Crippen molar-refractivity contribution in [2.75, 3.05) is 34.1 Å². The molecule has 2 aromatic heterocycles. The molecule has 2 heterocycles. The van der Waals surface area contributed by atoms with E-state index in [1.165, 1.54) is 42.8 Å². The van der Waals surface area contributed by atoms with Gasteiger partial charge in [-0.25, -0.2) is 26.8 Å². The molecule has 1 amide bonds. The SMILES string of the molecule is Nc1cccnc1SCCS(=O)(=O)c1ccccc1.O=C(CC1CCCCC1)Nc1cccnc1SCCS(=O)(=O)c1ccccc1. The van der Waals surface area contributed by atoms with Gasteiger partial charge in [-0.05, 0) is 67.3 Å². The Morgan fingerprint density at radius 3 is 1.77 bits per heavy atom. The predicted octanol–water partition coefficient (Wildman–Crippen LogP) is 6.79. The molecule has 0 saturated heterocycles. The topological polar surface area (TPSA) is 149 Å². The van der Waals surface area contributed by atoms with Crippen molar-refractivity contribution in [1.82, 2.24) is 9.97 Å². The van der Waals surface area contributed by atoms with Crippen LogP contribution in [0.2, 0.25) is 0 Å². The number of pyridine rings is 2. The molecule has 0 bridgehead atoms. The lowest BCUT2D eigenvalue weighted by Gasteiger charge is -2.21. The summed E-state index contributed by atoms with van der Waals surface area (Å²) >= 11 is 2.70. The average Bonchev–Trinajstić information content (AvgIpc) is 3.08. The lowest BCUT2D eigenvalue weighted by atomic mass is 9.87. The van der Waals surface area contributed by atoms with Crippen LogP contribution < -0.4 is 11.1 Å². The van der Waals surface area contributed by atoms with Crippen LogP contribution in [0.15, 0.2) is 117 Å². The molecule has 1 saturated carbocycles. The maximum absolute atomic E-state index is 12.4. The zero-order chi connectivity index (χ0) is 33.5. The second-order valence-corrected chi connectivity index (χ2v) is 17.4. The highest BCUT2D eigenvalue weighted by Crippen LogP contribution is 2.29. The van der Waals surface area contributed by atoms with Gasteiger partial charge in [-0.3, -0.25) is 4.79 Å². The molecular formula is C34H40N4O5S4. The summed E-state index contributed by atoms with van der Waals surface area (Å²) in [7, 11) is -6.55. The Labute approximate surface area is 286 Å². The minimum absolute atomic E-state index is 0.0126. The van der Waals surface area contributed by atoms with Crippen molar-refractivity contribution in [3.8, 4) is 0 Å². The lowest BCUT2D eigenvalue weighted by molar-refractivity contribution is -0.117. The molecule has 9 nitrogen and oxygen atoms in total. The standard InChI is InChI=1S/C21H26N2O3S2.C13H14N2O2S2/c24-20(16-17-8-3-1-4-9-17)23-19-12-7-13-22-21(19)27-14-15-28(25,26)18-10-5-2-6-11-18;14-12-7-4-8-15-13(12)18-9-10-19(16,17)11-5-2-1-3-6-11/h2,5-7,10-13,17H,1,3-4,8-9,14-16H2,(H,23,24);1-8H,9-10,14H2. The van der Waals surface area contributed by atoms with Crippen molar-refractivity contribution < 1.29 is 21.6 Å². The van der Waals surface area contributed by atoms with Gasteiger partial charge < -0.3 is 11.1 Å². The van der Waals surface area contributed by atoms with Crippen LogP contribution in [0.25, 0.3) is 0 Å². The van der Waals surface area contributed by atoms with E-state index in [0.717, 1.165) is 12.8 Å². The van der Waals surface area contributed by atoms with Crippen LogP contribution in [0.1, 0.15) is 38.5 Å². The number of nitrogens with one attached hydrogen (secondary N) is 1. The number of sulfone groups is 2. The largest absolute Gasteiger partial charge is 0.397 e. The predicted molar refractivity (Wildman–Crippen MR) is 191 cm³/mol. The molecule has 3 N–H and O–H groups in total. The first kappa shape index (κ1) is 36.4. The number of thioether (sulfide) groups is 2. The quantitative estimate of drug-likeness (QED) is 0.142. The van der Waals surface area contributed by atoms with Gasteiger partial charge in [0.05, 0.1) is 32.7 Å². The minimum Gasteiger partial charge on any atom is -0.397 e. The van der Waals surface area contributed by atoms with Gasteiger partial charge >= 0.3 is 0 Å². The summed E-state index contributed by atoms with van der Waals surface area (Å²) in [5.74, 6) is 1.38. The van der Waals surface area contributed by atoms with E-state index in [1.54, 1.807) is 91.3 Å². The number of nitrogens with zero attached hydrogens (tertiary/aromatic N) is 2. The molecule has 13 heteroatoms. The second-order valence-electron chi connectivity index (χ2n) is 11.0. The maximum atomic E-state index is 12.4. The van der Waals surface area contributed by atoms with E-state index < -0.39 is 19.7 Å². The molecule has 2 aromatic carbocycles. The van der Waals surface area contributed by atoms with E-state index in [1.807, 2.05) is 6.07 Å². The number of carbonyl (C=O) groups is 1. The highest BCUT2D eigenvalue weighted by atomic mass is 32.2. The molecule has 250 valence electrons. The summed E-state index contributed by atoms with van der Waals surface area (Å²) in [5.41, 5.74) is 6.98. The number of hydrogen-bond donors (Lipinski definition) is 2. The van der Waals surface area contributed by atoms with Gasteiger partial charge in [-0.2, -0.15) is 0 Å². The molecule has 1 fully saturated rings. The third kappa shape index (κ3) is 12.0. The molecule has 4 aromatic rings. The highest BCUT2D eigenvalue weighted by Gasteiger charge is 2.19. The van der Waals surface area contributed by atoms with E-state index in [9.17, 15) is 21.6 Å². The lowest BCUT2D eigenvalue weighted by Crippen LogP contribution is -2.19. The molecule has 0 atom stereocenters. The van der Waals surface area contributed by atoms with Crippen LogP contribution >= 0.6 is 23.5 Å². The fourth-order valence-corrected chi connectivity index (χ4v) is 10.2. The van der Waals surface area contributed by atoms with E-state index in [-0.39, 0.29) is 17.4 Å². The highest BCUT2D eigenvalue weighted by molar-refractivity contribution is 8.01. The van der Waals surface area contributed by atoms with Crippen LogP contribution in [0.5, 0.6) is 0 Å². The van der Waals surface area contributed by atoms with E-state index >= 15 is 0 Å². The van der Waals surface area contributed by atoms with Crippen molar-refractivity contribution in [3.63, 3.8) is 0 Å². The van der Waals surface area contributed by atoms with Crippen molar-refractivity contribution >= 4 is 60.5 Å². The molecule has 1 aliphatic carbocycles. The van der Waals surface area contributed by atoms with Crippen LogP contribution in [-0.2, 0) is 24.5 Å². The van der Waals surface area contributed by atoms with Crippen LogP contribution in [0.4, 0.5) is 11.4 Å². The zero-order valence-corrected chi connectivity index (χ0v) is 29.3. The summed E-state index contributed by atoms with van der Waals surface area (Å²) in [4.78, 5) is 21.5. The fraction of sp³-hybridized carbons (Fsp3) is 0.324. The monoisotopic (exact) mass is 712 g/mol. The molecule has 1 aliphatic rings. The first-order chi connectivity index (χ1) is 22.6. The molecule has 0 unspecified atom stereocenters. The summed E-state index contributed by atoms with van der Waals surface area (Å²) in [6.07, 6.45) is 9.78. The maximum Gasteiger partial charge on any atom is 0.224 e. The Morgan fingerprint density at radius 1 is 0.702 bits per heavy atom. The van der Waals surface area contributed by atoms with Gasteiger partial charge in [0.1, 0.15) is 10.1 Å². The van der Waals surface area contributed by atoms with Crippen molar-refractivity contribution in [2.45, 2.75) is 58.4 Å². The number of nitrogens with two attached hydrogens (primary N) is 1. The Morgan fingerprint density at radius 2 is 1.21 bits per heavy atom. The van der Waals surface area contributed by atoms with Crippen LogP contribution in [0.3, 0.4) is 0 Å². The third-order valence-electron chi connectivity index (χ3n) is 7.43. The van der Waals surface area contributed by atoms with Gasteiger partial charge in [-0.1, -0.05) is 55.7 Å². The molecule has 0 aliphatic heterocycles. The normalized spacial score (nSPS) is 13.7. The van der Waals surface area contributed by atoms with E-state index in [4.69, 9.17) is 5.73 Å². The number of anilines is 2. The first-order valence-electron chi connectivity index (χ1n) is 15.4. The van der Waals surface area contributed by atoms with E-state index in [2.05, 4.69) is 15.3 Å². The number of aromatic nitrogens is 2. The number of carbonyl (C=O) groups excluding carboxylic acids is 1.